The molecule has 0 aliphatic carbocycles. The lowest BCUT2D eigenvalue weighted by atomic mass is 10.0. The fraction of sp³-hybridized carbons (Fsp3) is 0.923. The van der Waals surface area contributed by atoms with Crippen molar-refractivity contribution in [3.8, 4) is 0 Å². The summed E-state index contributed by atoms with van der Waals surface area (Å²) in [6.45, 7) is 9.83. The molecular formula is C26H53O3P. The molecule has 0 aliphatic heterocycles. The third kappa shape index (κ3) is 18.6. The minimum Gasteiger partial charge on any atom is -0.306 e. The summed E-state index contributed by atoms with van der Waals surface area (Å²) < 4.78 is 25.0. The van der Waals surface area contributed by atoms with E-state index in [1.165, 1.54) is 82.6 Å². The molecule has 0 spiro atoms. The number of allylic oxidation sites excluding steroid dienone is 1. The summed E-state index contributed by atoms with van der Waals surface area (Å²) in [6.07, 6.45) is 21.5. The number of hydrogen-bond acceptors (Lipinski definition) is 3. The molecule has 0 radical (unpaired) electrons. The zero-order valence-corrected chi connectivity index (χ0v) is 21.8. The largest absolute Gasteiger partial charge is 0.354 e. The minimum absolute atomic E-state index is 0.526. The Morgan fingerprint density at radius 2 is 0.933 bits per heavy atom. The van der Waals surface area contributed by atoms with Gasteiger partial charge in [-0.1, -0.05) is 110 Å². The van der Waals surface area contributed by atoms with Gasteiger partial charge in [-0.15, -0.1) is 0 Å². The molecule has 0 N–H and O–H groups in total. The summed E-state index contributed by atoms with van der Waals surface area (Å²) in [5, 5.41) is 0. The topological polar surface area (TPSA) is 35.5 Å². The second kappa shape index (κ2) is 22.1. The first-order valence-corrected chi connectivity index (χ1v) is 14.8. The SMILES string of the molecule is CCCCCCCCC(=CP(=O)(OCCCC)OCCCC)CCCCCCCC. The zero-order chi connectivity index (χ0) is 22.3. The predicted octanol–water partition coefficient (Wildman–Crippen LogP) is 10.2. The molecule has 0 saturated heterocycles. The van der Waals surface area contributed by atoms with Crippen molar-refractivity contribution in [1.82, 2.24) is 0 Å². The highest BCUT2D eigenvalue weighted by Gasteiger charge is 2.22. The minimum atomic E-state index is -3.13. The lowest BCUT2D eigenvalue weighted by Gasteiger charge is -2.18. The first-order chi connectivity index (χ1) is 14.6. The maximum Gasteiger partial charge on any atom is 0.354 e. The molecule has 0 heterocycles. The quantitative estimate of drug-likeness (QED) is 0.116. The highest BCUT2D eigenvalue weighted by Crippen LogP contribution is 2.52. The number of rotatable bonds is 23. The molecule has 0 fully saturated rings. The average molecular weight is 445 g/mol. The number of unbranched alkanes of at least 4 members (excludes halogenated alkanes) is 12. The van der Waals surface area contributed by atoms with Crippen molar-refractivity contribution < 1.29 is 13.6 Å². The van der Waals surface area contributed by atoms with Gasteiger partial charge in [-0.3, -0.25) is 4.57 Å². The van der Waals surface area contributed by atoms with Crippen LogP contribution in [0.1, 0.15) is 143 Å². The Labute approximate surface area is 189 Å². The van der Waals surface area contributed by atoms with Crippen LogP contribution in [0.5, 0.6) is 0 Å². The van der Waals surface area contributed by atoms with Gasteiger partial charge in [-0.05, 0) is 38.5 Å². The van der Waals surface area contributed by atoms with Crippen LogP contribution in [0.15, 0.2) is 11.4 Å². The smallest absolute Gasteiger partial charge is 0.306 e. The van der Waals surface area contributed by atoms with Crippen molar-refractivity contribution >= 4 is 7.60 Å². The van der Waals surface area contributed by atoms with Crippen LogP contribution in [0.2, 0.25) is 0 Å². The third-order valence-corrected chi connectivity index (χ3v) is 7.35. The van der Waals surface area contributed by atoms with Gasteiger partial charge in [-0.2, -0.15) is 0 Å². The molecule has 0 atom stereocenters. The second-order valence-electron chi connectivity index (χ2n) is 8.74. The summed E-state index contributed by atoms with van der Waals surface area (Å²) in [5.41, 5.74) is 1.30. The van der Waals surface area contributed by atoms with Crippen molar-refractivity contribution in [2.24, 2.45) is 0 Å². The van der Waals surface area contributed by atoms with Crippen LogP contribution < -0.4 is 0 Å². The highest BCUT2D eigenvalue weighted by molar-refractivity contribution is 7.57. The van der Waals surface area contributed by atoms with Crippen LogP contribution in [0.3, 0.4) is 0 Å². The van der Waals surface area contributed by atoms with Crippen LogP contribution in [-0.4, -0.2) is 13.2 Å². The molecule has 0 aromatic rings. The molecule has 0 unspecified atom stereocenters. The van der Waals surface area contributed by atoms with Gasteiger partial charge in [0.25, 0.3) is 0 Å². The van der Waals surface area contributed by atoms with Crippen molar-refractivity contribution in [3.63, 3.8) is 0 Å². The lowest BCUT2D eigenvalue weighted by Crippen LogP contribution is -1.99. The molecule has 180 valence electrons. The maximum atomic E-state index is 13.4. The van der Waals surface area contributed by atoms with E-state index in [-0.39, 0.29) is 0 Å². The molecule has 0 rings (SSSR count). The second-order valence-corrected chi connectivity index (χ2v) is 10.6. The molecule has 0 saturated carbocycles. The van der Waals surface area contributed by atoms with Crippen LogP contribution in [0.25, 0.3) is 0 Å². The Morgan fingerprint density at radius 3 is 1.33 bits per heavy atom. The molecular weight excluding hydrogens is 391 g/mol. The summed E-state index contributed by atoms with van der Waals surface area (Å²) in [6, 6.07) is 0. The molecule has 4 heteroatoms. The average Bonchev–Trinajstić information content (AvgIpc) is 2.73. The third-order valence-electron chi connectivity index (χ3n) is 5.58. The normalized spacial score (nSPS) is 11.7. The summed E-state index contributed by atoms with van der Waals surface area (Å²) in [5.74, 6) is 1.91. The van der Waals surface area contributed by atoms with Gasteiger partial charge in [0.05, 0.1) is 13.2 Å². The molecule has 3 nitrogen and oxygen atoms in total. The molecule has 0 aromatic heterocycles. The van der Waals surface area contributed by atoms with Crippen LogP contribution in [-0.2, 0) is 13.6 Å². The fourth-order valence-electron chi connectivity index (χ4n) is 3.53. The first kappa shape index (κ1) is 29.9. The van der Waals surface area contributed by atoms with E-state index in [2.05, 4.69) is 27.7 Å². The predicted molar refractivity (Wildman–Crippen MR) is 133 cm³/mol. The van der Waals surface area contributed by atoms with Gasteiger partial charge in [0.1, 0.15) is 0 Å². The Hall–Kier alpha value is -0.110. The molecule has 30 heavy (non-hydrogen) atoms. The van der Waals surface area contributed by atoms with Crippen molar-refractivity contribution in [3.05, 3.63) is 11.4 Å². The van der Waals surface area contributed by atoms with Crippen LogP contribution >= 0.6 is 7.60 Å². The molecule has 0 bridgehead atoms. The van der Waals surface area contributed by atoms with Crippen molar-refractivity contribution in [2.75, 3.05) is 13.2 Å². The van der Waals surface area contributed by atoms with Gasteiger partial charge >= 0.3 is 7.60 Å². The Balaban J connectivity index is 4.85. The van der Waals surface area contributed by atoms with E-state index in [0.717, 1.165) is 38.5 Å². The number of hydrogen-bond donors (Lipinski definition) is 0. The van der Waals surface area contributed by atoms with E-state index in [9.17, 15) is 4.57 Å². The summed E-state index contributed by atoms with van der Waals surface area (Å²) >= 11 is 0. The summed E-state index contributed by atoms with van der Waals surface area (Å²) in [4.78, 5) is 0. The highest BCUT2D eigenvalue weighted by atomic mass is 31.2. The standard InChI is InChI=1S/C26H53O3P/c1-5-9-13-15-17-19-21-26(22-20-18-16-14-10-6-2)25-30(27,28-23-11-7-3)29-24-12-8-4/h25H,5-24H2,1-4H3. The first-order valence-electron chi connectivity index (χ1n) is 13.2. The van der Waals surface area contributed by atoms with E-state index in [4.69, 9.17) is 9.05 Å². The Bertz CT molecular complexity index is 402. The molecule has 0 aromatic carbocycles. The van der Waals surface area contributed by atoms with E-state index < -0.39 is 7.60 Å². The van der Waals surface area contributed by atoms with E-state index in [1.807, 2.05) is 5.82 Å². The van der Waals surface area contributed by atoms with Gasteiger partial charge < -0.3 is 9.05 Å². The lowest BCUT2D eigenvalue weighted by molar-refractivity contribution is 0.207. The Morgan fingerprint density at radius 1 is 0.567 bits per heavy atom. The van der Waals surface area contributed by atoms with E-state index in [0.29, 0.717) is 13.2 Å². The van der Waals surface area contributed by atoms with Gasteiger partial charge in [-0.25, -0.2) is 0 Å². The van der Waals surface area contributed by atoms with Crippen molar-refractivity contribution in [2.45, 2.75) is 143 Å². The maximum absolute atomic E-state index is 13.4. The monoisotopic (exact) mass is 444 g/mol. The summed E-state index contributed by atoms with van der Waals surface area (Å²) in [7, 11) is -3.13. The van der Waals surface area contributed by atoms with Crippen LogP contribution in [0, 0.1) is 0 Å². The van der Waals surface area contributed by atoms with Gasteiger partial charge in [0, 0.05) is 5.82 Å². The molecule has 0 amide bonds. The van der Waals surface area contributed by atoms with E-state index in [1.54, 1.807) is 0 Å². The van der Waals surface area contributed by atoms with E-state index >= 15 is 0 Å². The fourth-order valence-corrected chi connectivity index (χ4v) is 5.22. The molecule has 0 aliphatic rings. The van der Waals surface area contributed by atoms with Crippen LogP contribution in [0.4, 0.5) is 0 Å². The van der Waals surface area contributed by atoms with Gasteiger partial charge in [0.15, 0.2) is 0 Å². The van der Waals surface area contributed by atoms with Gasteiger partial charge in [0.2, 0.25) is 0 Å². The Kier molecular flexibility index (Phi) is 22.0. The zero-order valence-electron chi connectivity index (χ0n) is 20.9. The van der Waals surface area contributed by atoms with Crippen molar-refractivity contribution in [1.29, 1.82) is 0 Å².